The summed E-state index contributed by atoms with van der Waals surface area (Å²) in [5.74, 6) is 0. The maximum Gasteiger partial charge on any atom is 0.0719 e. The molecule has 5 rings (SSSR count). The average Bonchev–Trinajstić information content (AvgIpc) is 3.08. The Hall–Kier alpha value is -2.97. The van der Waals surface area contributed by atoms with Gasteiger partial charge in [0.2, 0.25) is 0 Å². The first-order valence-electron chi connectivity index (χ1n) is 8.78. The van der Waals surface area contributed by atoms with Gasteiger partial charge in [0.1, 0.15) is 0 Å². The van der Waals surface area contributed by atoms with Gasteiger partial charge in [0.05, 0.1) is 5.69 Å². The van der Waals surface area contributed by atoms with Crippen LogP contribution in [0.5, 0.6) is 0 Å². The Morgan fingerprint density at radius 1 is 0.692 bits per heavy atom. The van der Waals surface area contributed by atoms with Gasteiger partial charge in [-0.1, -0.05) is 66.7 Å². The van der Waals surface area contributed by atoms with Crippen molar-refractivity contribution in [3.63, 3.8) is 0 Å². The van der Waals surface area contributed by atoms with E-state index in [2.05, 4.69) is 89.9 Å². The summed E-state index contributed by atoms with van der Waals surface area (Å²) in [6, 6.07) is 30.1. The minimum absolute atomic E-state index is 0.929. The summed E-state index contributed by atoms with van der Waals surface area (Å²) < 4.78 is 2.65. The highest BCUT2D eigenvalue weighted by atomic mass is 32.1. The van der Waals surface area contributed by atoms with Crippen molar-refractivity contribution >= 4 is 31.5 Å². The van der Waals surface area contributed by atoms with Crippen molar-refractivity contribution in [2.75, 3.05) is 0 Å². The SMILES string of the molecule is c1ccc(Cc2ccnc(-c3cccc4c3sc3ccccc34)c2)cc1. The van der Waals surface area contributed by atoms with Gasteiger partial charge in [-0.15, -0.1) is 11.3 Å². The number of aromatic nitrogens is 1. The van der Waals surface area contributed by atoms with Gasteiger partial charge in [0, 0.05) is 31.9 Å². The van der Waals surface area contributed by atoms with Gasteiger partial charge in [-0.2, -0.15) is 0 Å². The van der Waals surface area contributed by atoms with Gasteiger partial charge >= 0.3 is 0 Å². The fourth-order valence-electron chi connectivity index (χ4n) is 3.51. The lowest BCUT2D eigenvalue weighted by atomic mass is 10.0. The lowest BCUT2D eigenvalue weighted by Crippen LogP contribution is -1.91. The van der Waals surface area contributed by atoms with E-state index in [9.17, 15) is 0 Å². The normalized spacial score (nSPS) is 11.2. The molecule has 5 aromatic rings. The number of hydrogen-bond donors (Lipinski definition) is 0. The van der Waals surface area contributed by atoms with E-state index in [-0.39, 0.29) is 0 Å². The summed E-state index contributed by atoms with van der Waals surface area (Å²) in [4.78, 5) is 4.68. The van der Waals surface area contributed by atoms with E-state index in [1.165, 1.54) is 36.9 Å². The topological polar surface area (TPSA) is 12.9 Å². The summed E-state index contributed by atoms with van der Waals surface area (Å²) in [6.45, 7) is 0. The van der Waals surface area contributed by atoms with Crippen LogP contribution in [0.3, 0.4) is 0 Å². The van der Waals surface area contributed by atoms with Crippen molar-refractivity contribution < 1.29 is 0 Å². The van der Waals surface area contributed by atoms with Crippen LogP contribution in [0.15, 0.2) is 91.1 Å². The van der Waals surface area contributed by atoms with Crippen LogP contribution in [0, 0.1) is 0 Å². The van der Waals surface area contributed by atoms with Crippen LogP contribution in [0.1, 0.15) is 11.1 Å². The molecule has 0 fully saturated rings. The zero-order valence-corrected chi connectivity index (χ0v) is 15.0. The van der Waals surface area contributed by atoms with Crippen LogP contribution in [-0.2, 0) is 6.42 Å². The Morgan fingerprint density at radius 2 is 1.50 bits per heavy atom. The van der Waals surface area contributed by atoms with Gasteiger partial charge in [-0.3, -0.25) is 4.98 Å². The summed E-state index contributed by atoms with van der Waals surface area (Å²) in [7, 11) is 0. The molecule has 0 saturated heterocycles. The predicted octanol–water partition coefficient (Wildman–Crippen LogP) is 6.71. The highest BCUT2D eigenvalue weighted by Gasteiger charge is 2.11. The van der Waals surface area contributed by atoms with Crippen molar-refractivity contribution in [3.05, 3.63) is 102 Å². The third kappa shape index (κ3) is 2.69. The third-order valence-electron chi connectivity index (χ3n) is 4.76. The first-order chi connectivity index (χ1) is 12.9. The Balaban J connectivity index is 1.63. The first kappa shape index (κ1) is 15.3. The number of fused-ring (bicyclic) bond motifs is 3. The van der Waals surface area contributed by atoms with E-state index < -0.39 is 0 Å². The number of hydrogen-bond acceptors (Lipinski definition) is 2. The number of pyridine rings is 1. The van der Waals surface area contributed by atoms with Crippen molar-refractivity contribution in [1.82, 2.24) is 4.98 Å². The minimum Gasteiger partial charge on any atom is -0.256 e. The second-order valence-corrected chi connectivity index (χ2v) is 7.54. The zero-order valence-electron chi connectivity index (χ0n) is 14.2. The van der Waals surface area contributed by atoms with Crippen molar-refractivity contribution in [1.29, 1.82) is 0 Å². The average molecular weight is 351 g/mol. The third-order valence-corrected chi connectivity index (χ3v) is 5.98. The summed E-state index contributed by atoms with van der Waals surface area (Å²) >= 11 is 1.85. The Labute approximate surface area is 156 Å². The molecule has 2 aromatic heterocycles. The van der Waals surface area contributed by atoms with Crippen LogP contribution in [0.2, 0.25) is 0 Å². The van der Waals surface area contributed by atoms with Crippen LogP contribution < -0.4 is 0 Å². The molecule has 2 heterocycles. The summed E-state index contributed by atoms with van der Waals surface area (Å²) in [5.41, 5.74) is 4.89. The van der Waals surface area contributed by atoms with Gasteiger partial charge in [-0.05, 0) is 35.7 Å². The Kier molecular flexibility index (Phi) is 3.76. The fourth-order valence-corrected chi connectivity index (χ4v) is 4.74. The number of rotatable bonds is 3. The summed E-state index contributed by atoms with van der Waals surface area (Å²) in [5, 5.41) is 2.65. The second kappa shape index (κ2) is 6.40. The van der Waals surface area contributed by atoms with Gasteiger partial charge in [-0.25, -0.2) is 0 Å². The molecule has 26 heavy (non-hydrogen) atoms. The molecule has 0 saturated carbocycles. The molecule has 0 amide bonds. The van der Waals surface area contributed by atoms with E-state index in [1.807, 2.05) is 17.5 Å². The maximum absolute atomic E-state index is 4.68. The quantitative estimate of drug-likeness (QED) is 0.352. The molecule has 2 heteroatoms. The fraction of sp³-hybridized carbons (Fsp3) is 0.0417. The molecule has 1 nitrogen and oxygen atoms in total. The Morgan fingerprint density at radius 3 is 2.42 bits per heavy atom. The molecule has 0 aliphatic carbocycles. The lowest BCUT2D eigenvalue weighted by Gasteiger charge is -2.06. The molecule has 0 radical (unpaired) electrons. The molecule has 0 aliphatic heterocycles. The van der Waals surface area contributed by atoms with Crippen LogP contribution in [-0.4, -0.2) is 4.98 Å². The van der Waals surface area contributed by atoms with Gasteiger partial charge in [0.25, 0.3) is 0 Å². The van der Waals surface area contributed by atoms with Gasteiger partial charge < -0.3 is 0 Å². The zero-order chi connectivity index (χ0) is 17.3. The van der Waals surface area contributed by atoms with E-state index in [0.29, 0.717) is 0 Å². The van der Waals surface area contributed by atoms with E-state index in [1.54, 1.807) is 0 Å². The Bertz CT molecular complexity index is 1200. The first-order valence-corrected chi connectivity index (χ1v) is 9.60. The van der Waals surface area contributed by atoms with Gasteiger partial charge in [0.15, 0.2) is 0 Å². The molecule has 0 bridgehead atoms. The summed E-state index contributed by atoms with van der Waals surface area (Å²) in [6.07, 6.45) is 2.86. The standard InChI is InChI=1S/C24H17NS/c1-2-7-17(8-3-1)15-18-13-14-25-22(16-18)21-11-6-10-20-19-9-4-5-12-23(19)26-24(20)21/h1-14,16H,15H2. The van der Waals surface area contributed by atoms with Crippen LogP contribution in [0.4, 0.5) is 0 Å². The molecule has 3 aromatic carbocycles. The molecule has 0 aliphatic rings. The molecule has 0 N–H and O–H groups in total. The van der Waals surface area contributed by atoms with E-state index in [0.717, 1.165) is 12.1 Å². The van der Waals surface area contributed by atoms with Crippen molar-refractivity contribution in [3.8, 4) is 11.3 Å². The highest BCUT2D eigenvalue weighted by molar-refractivity contribution is 7.26. The molecular weight excluding hydrogens is 334 g/mol. The minimum atomic E-state index is 0.929. The van der Waals surface area contributed by atoms with E-state index in [4.69, 9.17) is 0 Å². The van der Waals surface area contributed by atoms with E-state index >= 15 is 0 Å². The predicted molar refractivity (Wildman–Crippen MR) is 112 cm³/mol. The maximum atomic E-state index is 4.68. The molecule has 0 spiro atoms. The second-order valence-electron chi connectivity index (χ2n) is 6.49. The monoisotopic (exact) mass is 351 g/mol. The van der Waals surface area contributed by atoms with Crippen molar-refractivity contribution in [2.24, 2.45) is 0 Å². The van der Waals surface area contributed by atoms with Crippen LogP contribution >= 0.6 is 11.3 Å². The lowest BCUT2D eigenvalue weighted by molar-refractivity contribution is 1.17. The molecule has 0 atom stereocenters. The van der Waals surface area contributed by atoms with Crippen molar-refractivity contribution in [2.45, 2.75) is 6.42 Å². The number of benzene rings is 3. The number of thiophene rings is 1. The molecule has 124 valence electrons. The largest absolute Gasteiger partial charge is 0.256 e. The highest BCUT2D eigenvalue weighted by Crippen LogP contribution is 2.39. The molecular formula is C24H17NS. The number of nitrogens with zero attached hydrogens (tertiary/aromatic N) is 1. The molecule has 0 unspecified atom stereocenters. The van der Waals surface area contributed by atoms with Crippen LogP contribution in [0.25, 0.3) is 31.4 Å². The smallest absolute Gasteiger partial charge is 0.0719 e.